The minimum Gasteiger partial charge on any atom is -0.489 e. The molecule has 1 N–H and O–H groups in total. The van der Waals surface area contributed by atoms with Gasteiger partial charge in [0.25, 0.3) is 5.91 Å². The number of aromatic nitrogens is 3. The fraction of sp³-hybridized carbons (Fsp3) is 0.296. The number of furan rings is 1. The lowest BCUT2D eigenvalue weighted by Crippen LogP contribution is -2.30. The van der Waals surface area contributed by atoms with Crippen molar-refractivity contribution in [3.8, 4) is 5.75 Å². The van der Waals surface area contributed by atoms with E-state index in [1.807, 2.05) is 37.3 Å². The molecule has 4 aromatic rings. The highest BCUT2D eigenvalue weighted by atomic mass is 16.5. The number of hydrogen-bond donors (Lipinski definition) is 1. The van der Waals surface area contributed by atoms with E-state index < -0.39 is 0 Å². The summed E-state index contributed by atoms with van der Waals surface area (Å²) in [6, 6.07) is 21.6. The maximum Gasteiger partial charge on any atom is 0.287 e. The molecule has 0 fully saturated rings. The van der Waals surface area contributed by atoms with Crippen LogP contribution in [0, 0.1) is 0 Å². The van der Waals surface area contributed by atoms with Crippen molar-refractivity contribution in [3.63, 3.8) is 0 Å². The second kappa shape index (κ2) is 10.6. The van der Waals surface area contributed by atoms with Crippen LogP contribution in [0.25, 0.3) is 0 Å². The van der Waals surface area contributed by atoms with Crippen LogP contribution in [-0.2, 0) is 26.1 Å². The predicted molar refractivity (Wildman–Crippen MR) is 131 cm³/mol. The normalized spacial score (nSPS) is 14.7. The second-order valence-electron chi connectivity index (χ2n) is 8.74. The molecule has 2 aromatic carbocycles. The Bertz CT molecular complexity index is 1240. The summed E-state index contributed by atoms with van der Waals surface area (Å²) >= 11 is 0. The van der Waals surface area contributed by atoms with Gasteiger partial charge in [0.2, 0.25) is 0 Å². The summed E-state index contributed by atoms with van der Waals surface area (Å²) in [4.78, 5) is 14.8. The molecule has 0 bridgehead atoms. The van der Waals surface area contributed by atoms with Crippen LogP contribution in [0.4, 0.5) is 0 Å². The maximum absolute atomic E-state index is 12.4. The van der Waals surface area contributed by atoms with E-state index >= 15 is 0 Å². The van der Waals surface area contributed by atoms with Gasteiger partial charge < -0.3 is 19.0 Å². The summed E-state index contributed by atoms with van der Waals surface area (Å²) < 4.78 is 13.2. The molecule has 5 rings (SSSR count). The molecular weight excluding hydrogens is 442 g/mol. The Morgan fingerprint density at radius 2 is 1.83 bits per heavy atom. The van der Waals surface area contributed by atoms with E-state index in [1.165, 1.54) is 11.8 Å². The Balaban J connectivity index is 1.15. The standard InChI is InChI=1S/C27H29N5O3/c1-20(28-27(33)24-8-5-17-34-24)26-30-29-25-13-14-31(15-16-32(25)26)18-21-9-11-23(12-10-21)35-19-22-6-3-2-4-7-22/h2-12,17,20H,13-16,18-19H2,1H3,(H,28,33)/t20-/m1/s1. The van der Waals surface area contributed by atoms with Crippen LogP contribution in [-0.4, -0.2) is 38.7 Å². The average Bonchev–Trinajstić information content (AvgIpc) is 3.53. The molecule has 8 nitrogen and oxygen atoms in total. The van der Waals surface area contributed by atoms with Crippen molar-refractivity contribution >= 4 is 5.91 Å². The molecule has 2 aromatic heterocycles. The first kappa shape index (κ1) is 22.9. The number of hydrogen-bond acceptors (Lipinski definition) is 6. The number of rotatable bonds is 8. The van der Waals surface area contributed by atoms with Gasteiger partial charge in [0.15, 0.2) is 11.6 Å². The lowest BCUT2D eigenvalue weighted by Gasteiger charge is -2.20. The zero-order chi connectivity index (χ0) is 24.0. The number of fused-ring (bicyclic) bond motifs is 1. The van der Waals surface area contributed by atoms with E-state index in [2.05, 4.69) is 49.2 Å². The van der Waals surface area contributed by atoms with E-state index in [1.54, 1.807) is 12.1 Å². The molecule has 3 heterocycles. The number of carbonyl (C=O) groups is 1. The van der Waals surface area contributed by atoms with Gasteiger partial charge in [0.1, 0.15) is 18.2 Å². The highest BCUT2D eigenvalue weighted by molar-refractivity contribution is 5.91. The Kier molecular flexibility index (Phi) is 6.90. The Hall–Kier alpha value is -3.91. The van der Waals surface area contributed by atoms with Crippen LogP contribution in [0.5, 0.6) is 5.75 Å². The molecular formula is C27H29N5O3. The Labute approximate surface area is 204 Å². The zero-order valence-electron chi connectivity index (χ0n) is 19.8. The first-order valence-electron chi connectivity index (χ1n) is 11.9. The van der Waals surface area contributed by atoms with Crippen LogP contribution < -0.4 is 10.1 Å². The van der Waals surface area contributed by atoms with Gasteiger partial charge in [-0.25, -0.2) is 0 Å². The summed E-state index contributed by atoms with van der Waals surface area (Å²) in [5.74, 6) is 2.62. The topological polar surface area (TPSA) is 85.4 Å². The summed E-state index contributed by atoms with van der Waals surface area (Å²) in [5, 5.41) is 11.7. The summed E-state index contributed by atoms with van der Waals surface area (Å²) in [5.41, 5.74) is 2.40. The molecule has 0 unspecified atom stereocenters. The minimum absolute atomic E-state index is 0.258. The predicted octanol–water partition coefficient (Wildman–Crippen LogP) is 4.00. The van der Waals surface area contributed by atoms with E-state index in [0.29, 0.717) is 6.61 Å². The van der Waals surface area contributed by atoms with Crippen molar-refractivity contribution in [1.82, 2.24) is 25.0 Å². The van der Waals surface area contributed by atoms with Crippen LogP contribution in [0.2, 0.25) is 0 Å². The summed E-state index contributed by atoms with van der Waals surface area (Å²) in [6.45, 7) is 5.89. The highest BCUT2D eigenvalue weighted by Gasteiger charge is 2.23. The number of ether oxygens (including phenoxy) is 1. The number of carbonyl (C=O) groups excluding carboxylic acids is 1. The molecule has 0 saturated carbocycles. The van der Waals surface area contributed by atoms with Crippen LogP contribution >= 0.6 is 0 Å². The quantitative estimate of drug-likeness (QED) is 0.418. The number of nitrogens with one attached hydrogen (secondary N) is 1. The number of benzene rings is 2. The number of nitrogens with zero attached hydrogens (tertiary/aromatic N) is 4. The van der Waals surface area contributed by atoms with E-state index in [0.717, 1.165) is 55.6 Å². The molecule has 0 aliphatic carbocycles. The highest BCUT2D eigenvalue weighted by Crippen LogP contribution is 2.19. The van der Waals surface area contributed by atoms with E-state index in [-0.39, 0.29) is 17.7 Å². The van der Waals surface area contributed by atoms with Crippen molar-refractivity contribution < 1.29 is 13.9 Å². The average molecular weight is 472 g/mol. The van der Waals surface area contributed by atoms with Crippen LogP contribution in [0.3, 0.4) is 0 Å². The third-order valence-corrected chi connectivity index (χ3v) is 6.21. The van der Waals surface area contributed by atoms with Gasteiger partial charge in [-0.2, -0.15) is 0 Å². The Morgan fingerprint density at radius 1 is 1.00 bits per heavy atom. The molecule has 35 heavy (non-hydrogen) atoms. The van der Waals surface area contributed by atoms with Gasteiger partial charge in [0.05, 0.1) is 12.3 Å². The fourth-order valence-corrected chi connectivity index (χ4v) is 4.30. The van der Waals surface area contributed by atoms with Gasteiger partial charge in [0, 0.05) is 32.6 Å². The molecule has 1 atom stereocenters. The Morgan fingerprint density at radius 3 is 2.60 bits per heavy atom. The molecule has 8 heteroatoms. The smallest absolute Gasteiger partial charge is 0.287 e. The van der Waals surface area contributed by atoms with Gasteiger partial charge in [-0.3, -0.25) is 9.69 Å². The van der Waals surface area contributed by atoms with Gasteiger partial charge in [-0.15, -0.1) is 10.2 Å². The maximum atomic E-state index is 12.4. The molecule has 1 amide bonds. The van der Waals surface area contributed by atoms with Crippen molar-refractivity contribution in [2.75, 3.05) is 13.1 Å². The minimum atomic E-state index is -0.274. The summed E-state index contributed by atoms with van der Waals surface area (Å²) in [7, 11) is 0. The van der Waals surface area contributed by atoms with Crippen molar-refractivity contribution in [3.05, 3.63) is 102 Å². The van der Waals surface area contributed by atoms with E-state index in [4.69, 9.17) is 9.15 Å². The fourth-order valence-electron chi connectivity index (χ4n) is 4.30. The van der Waals surface area contributed by atoms with Crippen molar-refractivity contribution in [1.29, 1.82) is 0 Å². The van der Waals surface area contributed by atoms with Gasteiger partial charge in [-0.1, -0.05) is 42.5 Å². The summed E-state index contributed by atoms with van der Waals surface area (Å²) in [6.07, 6.45) is 2.30. The first-order chi connectivity index (χ1) is 17.2. The SMILES string of the molecule is C[C@@H](NC(=O)c1ccco1)c1nnc2n1CCN(Cc1ccc(OCc3ccccc3)cc1)CC2. The third kappa shape index (κ3) is 5.60. The second-order valence-corrected chi connectivity index (χ2v) is 8.74. The third-order valence-electron chi connectivity index (χ3n) is 6.21. The molecule has 1 aliphatic heterocycles. The lowest BCUT2D eigenvalue weighted by atomic mass is 10.2. The molecule has 0 spiro atoms. The van der Waals surface area contributed by atoms with Gasteiger partial charge in [-0.05, 0) is 42.3 Å². The zero-order valence-corrected chi connectivity index (χ0v) is 19.8. The van der Waals surface area contributed by atoms with Crippen molar-refractivity contribution in [2.24, 2.45) is 0 Å². The number of amides is 1. The lowest BCUT2D eigenvalue weighted by molar-refractivity contribution is 0.0909. The van der Waals surface area contributed by atoms with E-state index in [9.17, 15) is 4.79 Å². The monoisotopic (exact) mass is 471 g/mol. The first-order valence-corrected chi connectivity index (χ1v) is 11.9. The van der Waals surface area contributed by atoms with Crippen molar-refractivity contribution in [2.45, 2.75) is 39.1 Å². The largest absolute Gasteiger partial charge is 0.489 e. The molecule has 180 valence electrons. The molecule has 0 radical (unpaired) electrons. The van der Waals surface area contributed by atoms with Crippen LogP contribution in [0.15, 0.2) is 77.4 Å². The van der Waals surface area contributed by atoms with Crippen LogP contribution in [0.1, 0.15) is 46.3 Å². The van der Waals surface area contributed by atoms with Gasteiger partial charge >= 0.3 is 0 Å². The molecule has 0 saturated heterocycles. The molecule has 1 aliphatic rings.